The third-order valence-electron chi connectivity index (χ3n) is 6.57. The molecule has 0 spiro atoms. The minimum absolute atomic E-state index is 0.0718. The van der Waals surface area contributed by atoms with Gasteiger partial charge in [-0.25, -0.2) is 5.48 Å². The molecule has 1 aromatic rings. The molecule has 6 nitrogen and oxygen atoms in total. The fourth-order valence-electron chi connectivity index (χ4n) is 5.88. The Kier molecular flexibility index (Phi) is 5.51. The van der Waals surface area contributed by atoms with Gasteiger partial charge in [-0.2, -0.15) is 0 Å². The Morgan fingerprint density at radius 2 is 1.64 bits per heavy atom. The van der Waals surface area contributed by atoms with Crippen LogP contribution in [0, 0.1) is 17.8 Å². The van der Waals surface area contributed by atoms with E-state index in [0.717, 1.165) is 28.9 Å². The Hall–Kier alpha value is -2.18. The van der Waals surface area contributed by atoms with Crippen LogP contribution >= 0.6 is 0 Å². The summed E-state index contributed by atoms with van der Waals surface area (Å²) >= 11 is 0. The quantitative estimate of drug-likeness (QED) is 0.331. The fourth-order valence-corrected chi connectivity index (χ4v) is 5.88. The highest BCUT2D eigenvalue weighted by molar-refractivity contribution is 5.90. The van der Waals surface area contributed by atoms with E-state index >= 15 is 0 Å². The summed E-state index contributed by atoms with van der Waals surface area (Å²) in [6, 6.07) is 7.71. The van der Waals surface area contributed by atoms with Crippen LogP contribution in [0.2, 0.25) is 0 Å². The van der Waals surface area contributed by atoms with Crippen LogP contribution < -0.4 is 16.1 Å². The summed E-state index contributed by atoms with van der Waals surface area (Å²) in [6.07, 6.45) is 10.6. The van der Waals surface area contributed by atoms with Crippen molar-refractivity contribution in [3.05, 3.63) is 41.5 Å². The Morgan fingerprint density at radius 3 is 2.21 bits per heavy atom. The normalized spacial score (nSPS) is 30.5. The van der Waals surface area contributed by atoms with E-state index in [4.69, 9.17) is 5.21 Å². The number of amides is 2. The van der Waals surface area contributed by atoms with E-state index in [0.29, 0.717) is 13.1 Å². The molecule has 0 saturated heterocycles. The molecule has 28 heavy (non-hydrogen) atoms. The zero-order valence-corrected chi connectivity index (χ0v) is 16.1. The van der Waals surface area contributed by atoms with Gasteiger partial charge in [-0.3, -0.25) is 14.8 Å². The molecule has 2 amide bonds. The minimum Gasteiger partial charge on any atom is -0.350 e. The van der Waals surface area contributed by atoms with Crippen molar-refractivity contribution in [3.63, 3.8) is 0 Å². The highest BCUT2D eigenvalue weighted by atomic mass is 16.5. The Bertz CT molecular complexity index is 722. The molecule has 0 aliphatic heterocycles. The molecule has 4 aliphatic carbocycles. The van der Waals surface area contributed by atoms with Crippen LogP contribution in [-0.2, 0) is 16.1 Å². The molecule has 0 atom stereocenters. The molecule has 4 fully saturated rings. The number of carbonyl (C=O) groups excluding carboxylic acids is 2. The smallest absolute Gasteiger partial charge is 0.267 e. The van der Waals surface area contributed by atoms with Crippen molar-refractivity contribution in [1.82, 2.24) is 16.1 Å². The number of carbonyl (C=O) groups is 2. The summed E-state index contributed by atoms with van der Waals surface area (Å²) in [7, 11) is 0. The van der Waals surface area contributed by atoms with Gasteiger partial charge in [-0.05, 0) is 73.5 Å². The number of hydroxylamine groups is 1. The number of nitrogens with one attached hydrogen (secondary N) is 3. The molecule has 4 bridgehead atoms. The van der Waals surface area contributed by atoms with Gasteiger partial charge in [0.25, 0.3) is 5.91 Å². The van der Waals surface area contributed by atoms with Gasteiger partial charge in [0.05, 0.1) is 6.54 Å². The number of benzene rings is 1. The van der Waals surface area contributed by atoms with Crippen LogP contribution in [0.15, 0.2) is 30.3 Å². The summed E-state index contributed by atoms with van der Waals surface area (Å²) in [4.78, 5) is 23.5. The van der Waals surface area contributed by atoms with Gasteiger partial charge in [-0.15, -0.1) is 0 Å². The molecule has 0 aromatic heterocycles. The molecule has 4 aliphatic rings. The first-order valence-electron chi connectivity index (χ1n) is 10.3. The second-order valence-electron chi connectivity index (χ2n) is 8.90. The number of rotatable bonds is 7. The van der Waals surface area contributed by atoms with Gasteiger partial charge in [0, 0.05) is 18.2 Å². The highest BCUT2D eigenvalue weighted by Crippen LogP contribution is 2.55. The van der Waals surface area contributed by atoms with Gasteiger partial charge in [0.1, 0.15) is 0 Å². The van der Waals surface area contributed by atoms with Crippen molar-refractivity contribution < 1.29 is 14.8 Å². The van der Waals surface area contributed by atoms with Crippen molar-refractivity contribution in [3.8, 4) is 0 Å². The largest absolute Gasteiger partial charge is 0.350 e. The molecule has 0 heterocycles. The standard InChI is InChI=1S/C22H29N3O3/c26-20(25-28)6-5-15-1-3-16(4-2-15)13-23-14-21(27)24-22-10-17-7-18(11-22)9-19(8-17)12-22/h1-6,17-19,23,28H,7-14H2,(H,24,27)(H,25,26)/b6-5+. The Balaban J connectivity index is 1.22. The maximum Gasteiger partial charge on any atom is 0.267 e. The second-order valence-corrected chi connectivity index (χ2v) is 8.90. The summed E-state index contributed by atoms with van der Waals surface area (Å²) in [5, 5.41) is 15.1. The SMILES string of the molecule is O=C(/C=C/c1ccc(CNCC(=O)NC23CC4CC(CC(C4)C2)C3)cc1)NO. The number of hydrogen-bond donors (Lipinski definition) is 4. The molecule has 4 saturated carbocycles. The molecule has 0 radical (unpaired) electrons. The maximum atomic E-state index is 12.5. The minimum atomic E-state index is -0.559. The summed E-state index contributed by atoms with van der Waals surface area (Å²) < 4.78 is 0. The lowest BCUT2D eigenvalue weighted by atomic mass is 9.53. The van der Waals surface area contributed by atoms with Crippen LogP contribution in [0.3, 0.4) is 0 Å². The van der Waals surface area contributed by atoms with Crippen LogP contribution in [0.4, 0.5) is 0 Å². The molecular weight excluding hydrogens is 354 g/mol. The van der Waals surface area contributed by atoms with Gasteiger partial charge < -0.3 is 10.6 Å². The third-order valence-corrected chi connectivity index (χ3v) is 6.57. The molecule has 150 valence electrons. The molecule has 5 rings (SSSR count). The van der Waals surface area contributed by atoms with Crippen LogP contribution in [0.5, 0.6) is 0 Å². The lowest BCUT2D eigenvalue weighted by molar-refractivity contribution is -0.126. The van der Waals surface area contributed by atoms with Crippen molar-refractivity contribution in [2.24, 2.45) is 17.8 Å². The van der Waals surface area contributed by atoms with E-state index < -0.39 is 5.91 Å². The average Bonchev–Trinajstić information content (AvgIpc) is 2.65. The summed E-state index contributed by atoms with van der Waals surface area (Å²) in [5.74, 6) is 2.04. The first-order valence-corrected chi connectivity index (χ1v) is 10.3. The van der Waals surface area contributed by atoms with Crippen molar-refractivity contribution in [2.45, 2.75) is 50.6 Å². The van der Waals surface area contributed by atoms with Gasteiger partial charge >= 0.3 is 0 Å². The predicted molar refractivity (Wildman–Crippen MR) is 106 cm³/mol. The molecule has 1 aromatic carbocycles. The zero-order chi connectivity index (χ0) is 19.6. The third kappa shape index (κ3) is 4.45. The number of hydrogen-bond acceptors (Lipinski definition) is 4. The summed E-state index contributed by atoms with van der Waals surface area (Å²) in [5.41, 5.74) is 3.57. The summed E-state index contributed by atoms with van der Waals surface area (Å²) in [6.45, 7) is 0.954. The van der Waals surface area contributed by atoms with E-state index in [2.05, 4.69) is 10.6 Å². The first-order chi connectivity index (χ1) is 13.5. The molecule has 4 N–H and O–H groups in total. The van der Waals surface area contributed by atoms with Crippen LogP contribution in [-0.4, -0.2) is 29.1 Å². The zero-order valence-electron chi connectivity index (χ0n) is 16.1. The maximum absolute atomic E-state index is 12.5. The molecular formula is C22H29N3O3. The van der Waals surface area contributed by atoms with Gasteiger partial charge in [-0.1, -0.05) is 24.3 Å². The monoisotopic (exact) mass is 383 g/mol. The van der Waals surface area contributed by atoms with E-state index in [9.17, 15) is 9.59 Å². The second kappa shape index (κ2) is 8.05. The average molecular weight is 383 g/mol. The first kappa shape index (κ1) is 19.2. The van der Waals surface area contributed by atoms with E-state index in [-0.39, 0.29) is 11.4 Å². The topological polar surface area (TPSA) is 90.5 Å². The molecule has 0 unspecified atom stereocenters. The van der Waals surface area contributed by atoms with E-state index in [1.54, 1.807) is 11.6 Å². The van der Waals surface area contributed by atoms with Crippen molar-refractivity contribution in [2.75, 3.05) is 6.54 Å². The lowest BCUT2D eigenvalue weighted by Crippen LogP contribution is -2.60. The van der Waals surface area contributed by atoms with Crippen molar-refractivity contribution >= 4 is 17.9 Å². The van der Waals surface area contributed by atoms with Gasteiger partial charge in [0.15, 0.2) is 0 Å². The van der Waals surface area contributed by atoms with Crippen molar-refractivity contribution in [1.29, 1.82) is 0 Å². The van der Waals surface area contributed by atoms with Crippen LogP contribution in [0.1, 0.15) is 49.7 Å². The van der Waals surface area contributed by atoms with Gasteiger partial charge in [0.2, 0.25) is 5.91 Å². The molecule has 6 heteroatoms. The van der Waals surface area contributed by atoms with Crippen LogP contribution in [0.25, 0.3) is 6.08 Å². The highest BCUT2D eigenvalue weighted by Gasteiger charge is 2.51. The fraction of sp³-hybridized carbons (Fsp3) is 0.545. The predicted octanol–water partition coefficient (Wildman–Crippen LogP) is 2.38. The lowest BCUT2D eigenvalue weighted by Gasteiger charge is -2.56. The Labute approximate surface area is 165 Å². The van der Waals surface area contributed by atoms with E-state index in [1.807, 2.05) is 24.3 Å². The Morgan fingerprint density at radius 1 is 1.04 bits per heavy atom. The van der Waals surface area contributed by atoms with E-state index in [1.165, 1.54) is 44.6 Å².